The molecule has 138 valence electrons. The second kappa shape index (κ2) is 8.27. The third-order valence-corrected chi connectivity index (χ3v) is 3.83. The summed E-state index contributed by atoms with van der Waals surface area (Å²) in [5.41, 5.74) is 1.98. The predicted octanol–water partition coefficient (Wildman–Crippen LogP) is 3.52. The molecule has 1 heterocycles. The van der Waals surface area contributed by atoms with E-state index in [1.807, 2.05) is 6.92 Å². The van der Waals surface area contributed by atoms with E-state index in [4.69, 9.17) is 9.26 Å². The van der Waals surface area contributed by atoms with Crippen LogP contribution in [-0.2, 0) is 11.2 Å². The zero-order valence-electron chi connectivity index (χ0n) is 15.1. The van der Waals surface area contributed by atoms with E-state index >= 15 is 0 Å². The van der Waals surface area contributed by atoms with E-state index in [2.05, 4.69) is 15.5 Å². The number of nitrogens with zero attached hydrogens (tertiary/aromatic N) is 2. The van der Waals surface area contributed by atoms with Crippen molar-refractivity contribution < 1.29 is 18.8 Å². The van der Waals surface area contributed by atoms with Gasteiger partial charge in [0, 0.05) is 23.2 Å². The summed E-state index contributed by atoms with van der Waals surface area (Å²) in [4.78, 5) is 27.5. The average molecular weight is 365 g/mol. The van der Waals surface area contributed by atoms with Gasteiger partial charge in [-0.3, -0.25) is 9.59 Å². The van der Waals surface area contributed by atoms with Crippen molar-refractivity contribution >= 4 is 17.4 Å². The van der Waals surface area contributed by atoms with Crippen molar-refractivity contribution in [2.24, 2.45) is 0 Å². The first kappa shape index (κ1) is 18.3. The number of benzene rings is 2. The van der Waals surface area contributed by atoms with Crippen LogP contribution in [0.1, 0.15) is 30.0 Å². The Morgan fingerprint density at radius 2 is 1.78 bits per heavy atom. The Bertz CT molecular complexity index is 931. The first-order chi connectivity index (χ1) is 13.0. The fourth-order valence-corrected chi connectivity index (χ4v) is 2.34. The third kappa shape index (κ3) is 4.78. The number of carbonyl (C=O) groups excluding carboxylic acids is 2. The number of aryl methyl sites for hydroxylation is 1. The van der Waals surface area contributed by atoms with Crippen molar-refractivity contribution in [2.75, 3.05) is 11.9 Å². The molecule has 7 nitrogen and oxygen atoms in total. The molecule has 0 fully saturated rings. The number of carbonyl (C=O) groups is 2. The van der Waals surface area contributed by atoms with Gasteiger partial charge in [0.05, 0.1) is 0 Å². The van der Waals surface area contributed by atoms with E-state index in [0.717, 1.165) is 5.56 Å². The molecule has 0 saturated heterocycles. The highest BCUT2D eigenvalue weighted by atomic mass is 16.5. The monoisotopic (exact) mass is 365 g/mol. The van der Waals surface area contributed by atoms with E-state index < -0.39 is 0 Å². The molecule has 27 heavy (non-hydrogen) atoms. The summed E-state index contributed by atoms with van der Waals surface area (Å²) in [5.74, 6) is 1.34. The van der Waals surface area contributed by atoms with E-state index in [1.165, 1.54) is 6.92 Å². The Hall–Kier alpha value is -3.48. The fourth-order valence-electron chi connectivity index (χ4n) is 2.34. The number of hydrogen-bond donors (Lipinski definition) is 1. The lowest BCUT2D eigenvalue weighted by Crippen LogP contribution is -2.20. The zero-order chi connectivity index (χ0) is 19.2. The van der Waals surface area contributed by atoms with Gasteiger partial charge in [-0.05, 0) is 55.5 Å². The molecule has 1 aromatic heterocycles. The summed E-state index contributed by atoms with van der Waals surface area (Å²) in [6, 6.07) is 13.7. The van der Waals surface area contributed by atoms with Gasteiger partial charge in [-0.25, -0.2) is 0 Å². The van der Waals surface area contributed by atoms with E-state index in [-0.39, 0.29) is 18.3 Å². The van der Waals surface area contributed by atoms with Crippen LogP contribution in [0.2, 0.25) is 0 Å². The number of aromatic nitrogens is 2. The first-order valence-electron chi connectivity index (χ1n) is 8.52. The van der Waals surface area contributed by atoms with Crippen molar-refractivity contribution in [1.82, 2.24) is 10.1 Å². The lowest BCUT2D eigenvalue weighted by molar-refractivity contribution is -0.118. The van der Waals surface area contributed by atoms with Crippen LogP contribution in [0.3, 0.4) is 0 Å². The lowest BCUT2D eigenvalue weighted by atomic mass is 10.1. The second-order valence-corrected chi connectivity index (χ2v) is 5.86. The van der Waals surface area contributed by atoms with Gasteiger partial charge in [0.15, 0.2) is 18.2 Å². The van der Waals surface area contributed by atoms with Crippen molar-refractivity contribution in [1.29, 1.82) is 0 Å². The molecule has 0 aliphatic carbocycles. The number of nitrogens with one attached hydrogen (secondary N) is 1. The van der Waals surface area contributed by atoms with Gasteiger partial charge in [0.25, 0.3) is 11.8 Å². The summed E-state index contributed by atoms with van der Waals surface area (Å²) in [5, 5.41) is 6.58. The van der Waals surface area contributed by atoms with Crippen LogP contribution < -0.4 is 10.1 Å². The summed E-state index contributed by atoms with van der Waals surface area (Å²) in [6.07, 6.45) is 0.706. The van der Waals surface area contributed by atoms with Crippen LogP contribution in [0, 0.1) is 0 Å². The zero-order valence-corrected chi connectivity index (χ0v) is 15.1. The molecule has 0 atom stereocenters. The fraction of sp³-hybridized carbons (Fsp3) is 0.200. The average Bonchev–Trinajstić information content (AvgIpc) is 3.16. The summed E-state index contributed by atoms with van der Waals surface area (Å²) in [6.45, 7) is 3.32. The minimum absolute atomic E-state index is 0.0221. The maximum Gasteiger partial charge on any atom is 0.262 e. The van der Waals surface area contributed by atoms with Crippen molar-refractivity contribution in [3.63, 3.8) is 0 Å². The van der Waals surface area contributed by atoms with Gasteiger partial charge in [-0.15, -0.1) is 0 Å². The minimum Gasteiger partial charge on any atom is -0.484 e. The first-order valence-corrected chi connectivity index (χ1v) is 8.52. The van der Waals surface area contributed by atoms with Crippen LogP contribution in [-0.4, -0.2) is 28.4 Å². The van der Waals surface area contributed by atoms with Gasteiger partial charge in [0.1, 0.15) is 5.75 Å². The molecule has 2 aromatic carbocycles. The molecule has 0 unspecified atom stereocenters. The molecule has 3 rings (SSSR count). The van der Waals surface area contributed by atoms with Gasteiger partial charge in [-0.1, -0.05) is 12.1 Å². The molecule has 1 N–H and O–H groups in total. The quantitative estimate of drug-likeness (QED) is 0.644. The van der Waals surface area contributed by atoms with Crippen LogP contribution >= 0.6 is 0 Å². The topological polar surface area (TPSA) is 94.3 Å². The highest BCUT2D eigenvalue weighted by Gasteiger charge is 2.09. The van der Waals surface area contributed by atoms with Crippen LogP contribution in [0.15, 0.2) is 53.1 Å². The normalized spacial score (nSPS) is 10.4. The molecule has 0 aliphatic heterocycles. The number of anilines is 1. The molecule has 3 aromatic rings. The van der Waals surface area contributed by atoms with Crippen molar-refractivity contribution in [3.05, 3.63) is 59.9 Å². The number of Topliss-reactive ketones (excluding diaryl/α,β-unsaturated/α-hetero) is 1. The number of ketones is 1. The van der Waals surface area contributed by atoms with Gasteiger partial charge in [-0.2, -0.15) is 4.98 Å². The third-order valence-electron chi connectivity index (χ3n) is 3.83. The smallest absolute Gasteiger partial charge is 0.262 e. The Balaban J connectivity index is 1.53. The van der Waals surface area contributed by atoms with E-state index in [0.29, 0.717) is 35.1 Å². The van der Waals surface area contributed by atoms with E-state index in [9.17, 15) is 9.59 Å². The largest absolute Gasteiger partial charge is 0.484 e. The Labute approximate surface area is 156 Å². The molecule has 7 heteroatoms. The molecule has 0 aliphatic rings. The summed E-state index contributed by atoms with van der Waals surface area (Å²) in [7, 11) is 0. The number of hydrogen-bond acceptors (Lipinski definition) is 6. The number of rotatable bonds is 7. The SMILES string of the molecule is CCc1noc(-c2ccc(OCC(=O)Nc3ccc(C(C)=O)cc3)cc2)n1. The number of ether oxygens (including phenoxy) is 1. The maximum absolute atomic E-state index is 12.0. The summed E-state index contributed by atoms with van der Waals surface area (Å²) >= 11 is 0. The van der Waals surface area contributed by atoms with Gasteiger partial charge in [0.2, 0.25) is 0 Å². The highest BCUT2D eigenvalue weighted by Crippen LogP contribution is 2.21. The standard InChI is InChI=1S/C20H19N3O4/c1-3-18-22-20(27-23-18)15-6-10-17(11-7-15)26-12-19(25)21-16-8-4-14(5-9-16)13(2)24/h4-11H,3,12H2,1-2H3,(H,21,25). The molecular formula is C20H19N3O4. The van der Waals surface area contributed by atoms with Crippen molar-refractivity contribution in [2.45, 2.75) is 20.3 Å². The van der Waals surface area contributed by atoms with Gasteiger partial charge >= 0.3 is 0 Å². The number of amides is 1. The van der Waals surface area contributed by atoms with Crippen LogP contribution in [0.4, 0.5) is 5.69 Å². The Kier molecular flexibility index (Phi) is 5.61. The molecule has 0 spiro atoms. The molecule has 0 radical (unpaired) electrons. The maximum atomic E-state index is 12.0. The Morgan fingerprint density at radius 1 is 1.07 bits per heavy atom. The minimum atomic E-state index is -0.292. The predicted molar refractivity (Wildman–Crippen MR) is 99.7 cm³/mol. The van der Waals surface area contributed by atoms with Gasteiger partial charge < -0.3 is 14.6 Å². The molecule has 1 amide bonds. The van der Waals surface area contributed by atoms with Crippen molar-refractivity contribution in [3.8, 4) is 17.2 Å². The molecular weight excluding hydrogens is 346 g/mol. The van der Waals surface area contributed by atoms with E-state index in [1.54, 1.807) is 48.5 Å². The summed E-state index contributed by atoms with van der Waals surface area (Å²) < 4.78 is 10.7. The Morgan fingerprint density at radius 3 is 2.37 bits per heavy atom. The van der Waals surface area contributed by atoms with Crippen LogP contribution in [0.5, 0.6) is 5.75 Å². The highest BCUT2D eigenvalue weighted by molar-refractivity contribution is 5.95. The second-order valence-electron chi connectivity index (χ2n) is 5.86. The van der Waals surface area contributed by atoms with Crippen LogP contribution in [0.25, 0.3) is 11.5 Å². The molecule has 0 bridgehead atoms. The lowest BCUT2D eigenvalue weighted by Gasteiger charge is -2.08. The molecule has 0 saturated carbocycles.